The summed E-state index contributed by atoms with van der Waals surface area (Å²) < 4.78 is 0. The van der Waals surface area contributed by atoms with Crippen molar-refractivity contribution in [3.8, 4) is 0 Å². The lowest BCUT2D eigenvalue weighted by Crippen LogP contribution is -2.36. The maximum Gasteiger partial charge on any atom is 0.123 e. The Kier molecular flexibility index (Phi) is 3.97. The first-order valence-corrected chi connectivity index (χ1v) is 4.76. The molecule has 0 N–H and O–H groups in total. The number of carbonyl (C=O) groups excluding carboxylic acids is 1. The van der Waals surface area contributed by atoms with Crippen molar-refractivity contribution in [1.82, 2.24) is 0 Å². The first-order chi connectivity index (χ1) is 7.22. The van der Waals surface area contributed by atoms with Gasteiger partial charge < -0.3 is 4.79 Å². The average molecular weight is 208 g/mol. The molecule has 1 saturated carbocycles. The Morgan fingerprint density at radius 2 is 1.73 bits per heavy atom. The molecular formula is C8H12N6O. The molecule has 0 saturated heterocycles. The molecule has 4 atom stereocenters. The average Bonchev–Trinajstić information content (AvgIpc) is 2.22. The Hall–Kier alpha value is -1.71. The van der Waals surface area contributed by atoms with Crippen LogP contribution in [-0.4, -0.2) is 18.4 Å². The van der Waals surface area contributed by atoms with Gasteiger partial charge in [0.05, 0.1) is 0 Å². The van der Waals surface area contributed by atoms with Gasteiger partial charge in [0.25, 0.3) is 0 Å². The fourth-order valence-corrected chi connectivity index (χ4v) is 1.95. The van der Waals surface area contributed by atoms with Gasteiger partial charge in [0.1, 0.15) is 6.29 Å². The first kappa shape index (κ1) is 11.4. The zero-order valence-corrected chi connectivity index (χ0v) is 8.39. The van der Waals surface area contributed by atoms with Crippen molar-refractivity contribution in [2.75, 3.05) is 0 Å². The molecule has 0 aliphatic heterocycles. The number of rotatable bonds is 3. The molecule has 0 radical (unpaired) electrons. The van der Waals surface area contributed by atoms with E-state index in [1.807, 2.05) is 6.92 Å². The molecule has 0 aromatic rings. The van der Waals surface area contributed by atoms with Crippen molar-refractivity contribution < 1.29 is 4.79 Å². The fourth-order valence-electron chi connectivity index (χ4n) is 1.95. The van der Waals surface area contributed by atoms with Gasteiger partial charge in [-0.15, -0.1) is 0 Å². The van der Waals surface area contributed by atoms with E-state index < -0.39 is 6.04 Å². The number of nitrogens with zero attached hydrogens (tertiary/aromatic N) is 6. The van der Waals surface area contributed by atoms with Crippen LogP contribution in [0.3, 0.4) is 0 Å². The minimum absolute atomic E-state index is 0.106. The van der Waals surface area contributed by atoms with Crippen LogP contribution in [0, 0.1) is 11.8 Å². The molecule has 0 aromatic carbocycles. The lowest BCUT2D eigenvalue weighted by molar-refractivity contribution is -0.113. The van der Waals surface area contributed by atoms with Gasteiger partial charge in [-0.05, 0) is 29.8 Å². The highest BCUT2D eigenvalue weighted by Crippen LogP contribution is 2.32. The van der Waals surface area contributed by atoms with E-state index in [2.05, 4.69) is 20.1 Å². The van der Waals surface area contributed by atoms with E-state index in [9.17, 15) is 4.79 Å². The Labute approximate surface area is 86.7 Å². The van der Waals surface area contributed by atoms with Gasteiger partial charge in [0.15, 0.2) is 0 Å². The van der Waals surface area contributed by atoms with Gasteiger partial charge in [-0.1, -0.05) is 17.2 Å². The van der Waals surface area contributed by atoms with E-state index in [-0.39, 0.29) is 17.9 Å². The van der Waals surface area contributed by atoms with Gasteiger partial charge in [0, 0.05) is 27.8 Å². The first-order valence-electron chi connectivity index (χ1n) is 4.76. The zero-order valence-electron chi connectivity index (χ0n) is 8.39. The highest BCUT2D eigenvalue weighted by molar-refractivity contribution is 5.54. The van der Waals surface area contributed by atoms with Gasteiger partial charge in [0.2, 0.25) is 0 Å². The lowest BCUT2D eigenvalue weighted by Gasteiger charge is -2.33. The molecule has 0 heterocycles. The fraction of sp³-hybridized carbons (Fsp3) is 0.875. The number of carbonyl (C=O) groups is 1. The molecular weight excluding hydrogens is 196 g/mol. The minimum atomic E-state index is -0.391. The van der Waals surface area contributed by atoms with Crippen LogP contribution in [0.1, 0.15) is 19.8 Å². The highest BCUT2D eigenvalue weighted by atomic mass is 16.1. The van der Waals surface area contributed by atoms with Gasteiger partial charge in [-0.25, -0.2) is 0 Å². The molecule has 1 aliphatic carbocycles. The number of hydrogen-bond donors (Lipinski definition) is 0. The number of hydrogen-bond acceptors (Lipinski definition) is 3. The summed E-state index contributed by atoms with van der Waals surface area (Å²) >= 11 is 0. The summed E-state index contributed by atoms with van der Waals surface area (Å²) in [4.78, 5) is 16.2. The molecule has 0 bridgehead atoms. The minimum Gasteiger partial charge on any atom is -0.303 e. The molecule has 7 heteroatoms. The second kappa shape index (κ2) is 5.24. The Balaban J connectivity index is 2.84. The van der Waals surface area contributed by atoms with E-state index in [1.165, 1.54) is 0 Å². The standard InChI is InChI=1S/C8H12N6O/c1-5-2-7(11-13-9)8(12-14-10)3-6(5)4-15/h4-8H,2-3H2,1H3/t5-,6-,7?,8?/m1/s1. The predicted molar refractivity (Wildman–Crippen MR) is 53.8 cm³/mol. The smallest absolute Gasteiger partial charge is 0.123 e. The summed E-state index contributed by atoms with van der Waals surface area (Å²) in [5.41, 5.74) is 16.7. The van der Waals surface area contributed by atoms with E-state index >= 15 is 0 Å². The maximum absolute atomic E-state index is 10.7. The SMILES string of the molecule is C[C@@H]1CC(N=[N+]=[N-])C(N=[N+]=[N-])C[C@@H]1C=O. The van der Waals surface area contributed by atoms with Crippen LogP contribution in [0.15, 0.2) is 10.2 Å². The van der Waals surface area contributed by atoms with E-state index in [0.29, 0.717) is 12.8 Å². The molecule has 0 aromatic heterocycles. The molecule has 1 fully saturated rings. The summed E-state index contributed by atoms with van der Waals surface area (Å²) in [5, 5.41) is 7.18. The molecule has 1 aliphatic rings. The van der Waals surface area contributed by atoms with E-state index in [0.717, 1.165) is 6.29 Å². The normalized spacial score (nSPS) is 34.7. The summed E-state index contributed by atoms with van der Waals surface area (Å²) in [6.07, 6.45) is 1.95. The van der Waals surface area contributed by atoms with Crippen molar-refractivity contribution in [1.29, 1.82) is 0 Å². The van der Waals surface area contributed by atoms with Crippen LogP contribution in [0.5, 0.6) is 0 Å². The molecule has 15 heavy (non-hydrogen) atoms. The third-order valence-corrected chi connectivity index (χ3v) is 2.88. The van der Waals surface area contributed by atoms with Crippen molar-refractivity contribution in [3.05, 3.63) is 20.9 Å². The molecule has 7 nitrogen and oxygen atoms in total. The van der Waals surface area contributed by atoms with Crippen LogP contribution in [0.4, 0.5) is 0 Å². The summed E-state index contributed by atoms with van der Waals surface area (Å²) in [7, 11) is 0. The molecule has 1 rings (SSSR count). The topological polar surface area (TPSA) is 115 Å². The second-order valence-electron chi connectivity index (χ2n) is 3.79. The monoisotopic (exact) mass is 208 g/mol. The van der Waals surface area contributed by atoms with Crippen LogP contribution in [0.25, 0.3) is 20.9 Å². The van der Waals surface area contributed by atoms with Crippen LogP contribution >= 0.6 is 0 Å². The van der Waals surface area contributed by atoms with Gasteiger partial charge in [-0.2, -0.15) is 0 Å². The zero-order chi connectivity index (χ0) is 11.3. The van der Waals surface area contributed by atoms with Crippen molar-refractivity contribution in [2.24, 2.45) is 22.1 Å². The van der Waals surface area contributed by atoms with Crippen LogP contribution in [-0.2, 0) is 4.79 Å². The van der Waals surface area contributed by atoms with E-state index in [1.54, 1.807) is 0 Å². The van der Waals surface area contributed by atoms with Crippen LogP contribution < -0.4 is 0 Å². The largest absolute Gasteiger partial charge is 0.303 e. The summed E-state index contributed by atoms with van der Waals surface area (Å²) in [5.74, 6) is 0.0637. The predicted octanol–water partition coefficient (Wildman–Crippen LogP) is 2.59. The Morgan fingerprint density at radius 1 is 1.20 bits per heavy atom. The molecule has 0 amide bonds. The van der Waals surface area contributed by atoms with Crippen molar-refractivity contribution >= 4 is 6.29 Å². The van der Waals surface area contributed by atoms with Crippen molar-refractivity contribution in [2.45, 2.75) is 31.8 Å². The lowest BCUT2D eigenvalue weighted by atomic mass is 9.76. The van der Waals surface area contributed by atoms with Gasteiger partial charge in [-0.3, -0.25) is 0 Å². The van der Waals surface area contributed by atoms with Gasteiger partial charge >= 0.3 is 0 Å². The summed E-state index contributed by atoms with van der Waals surface area (Å²) in [6.45, 7) is 1.94. The Morgan fingerprint density at radius 3 is 2.20 bits per heavy atom. The summed E-state index contributed by atoms with van der Waals surface area (Å²) in [6, 6.07) is -0.714. The molecule has 2 unspecified atom stereocenters. The third-order valence-electron chi connectivity index (χ3n) is 2.88. The van der Waals surface area contributed by atoms with Crippen molar-refractivity contribution in [3.63, 3.8) is 0 Å². The molecule has 0 spiro atoms. The molecule has 80 valence electrons. The maximum atomic E-state index is 10.7. The Bertz CT molecular complexity index is 330. The number of azide groups is 2. The second-order valence-corrected chi connectivity index (χ2v) is 3.79. The van der Waals surface area contributed by atoms with E-state index in [4.69, 9.17) is 11.1 Å². The van der Waals surface area contributed by atoms with Crippen LogP contribution in [0.2, 0.25) is 0 Å². The third kappa shape index (κ3) is 2.62. The quantitative estimate of drug-likeness (QED) is 0.301. The highest BCUT2D eigenvalue weighted by Gasteiger charge is 2.33. The number of aldehydes is 1.